The normalized spacial score (nSPS) is 11.3. The quantitative estimate of drug-likeness (QED) is 0.255. The smallest absolute Gasteiger partial charge is 0.322 e. The molecule has 0 radical (unpaired) electrons. The molecule has 5 rings (SSSR count). The molecule has 10 heteroatoms. The number of nitrogens with one attached hydrogen (secondary N) is 1. The first kappa shape index (κ1) is 24.4. The van der Waals surface area contributed by atoms with Crippen molar-refractivity contribution in [2.45, 2.75) is 6.18 Å². The molecule has 1 amide bonds. The molecule has 37 heavy (non-hydrogen) atoms. The van der Waals surface area contributed by atoms with Crippen LogP contribution in [0, 0.1) is 11.3 Å². The predicted molar refractivity (Wildman–Crippen MR) is 137 cm³/mol. The molecule has 3 heterocycles. The number of hydrogen-bond donors (Lipinski definition) is 1. The van der Waals surface area contributed by atoms with Crippen molar-refractivity contribution in [3.63, 3.8) is 0 Å². The van der Waals surface area contributed by atoms with Gasteiger partial charge in [0.2, 0.25) is 0 Å². The van der Waals surface area contributed by atoms with E-state index in [4.69, 9.17) is 11.6 Å². The number of rotatable bonds is 4. The standard InChI is InChI=1S/C27H14ClF3N4OS/c28-21-5-4-17(11-20(21)27(29,30)31)26(36)35-19-3-1-2-16(10-19)24-18(13-32)14-34-22-12-23(37-25(22)24)15-6-8-33-9-7-15/h1-12,14H,(H,35,36). The zero-order chi connectivity index (χ0) is 26.2. The minimum Gasteiger partial charge on any atom is -0.322 e. The molecule has 182 valence electrons. The van der Waals surface area contributed by atoms with Crippen LogP contribution in [0.3, 0.4) is 0 Å². The number of fused-ring (bicyclic) bond motifs is 1. The summed E-state index contributed by atoms with van der Waals surface area (Å²) in [5.74, 6) is -0.726. The maximum atomic E-state index is 13.2. The first-order valence-corrected chi connectivity index (χ1v) is 12.0. The molecule has 0 fully saturated rings. The molecular formula is C27H14ClF3N4OS. The van der Waals surface area contributed by atoms with Crippen molar-refractivity contribution in [3.05, 3.63) is 101 Å². The van der Waals surface area contributed by atoms with Gasteiger partial charge in [-0.05, 0) is 59.7 Å². The van der Waals surface area contributed by atoms with Gasteiger partial charge in [0, 0.05) is 40.3 Å². The second-order valence-electron chi connectivity index (χ2n) is 7.95. The Balaban J connectivity index is 1.53. The van der Waals surface area contributed by atoms with E-state index in [9.17, 15) is 23.2 Å². The lowest BCUT2D eigenvalue weighted by Gasteiger charge is -2.12. The Morgan fingerprint density at radius 1 is 1.03 bits per heavy atom. The Labute approximate surface area is 217 Å². The fourth-order valence-electron chi connectivity index (χ4n) is 3.85. The number of alkyl halides is 3. The van der Waals surface area contributed by atoms with Gasteiger partial charge in [-0.3, -0.25) is 14.8 Å². The fourth-order valence-corrected chi connectivity index (χ4v) is 5.26. The largest absolute Gasteiger partial charge is 0.417 e. The van der Waals surface area contributed by atoms with Crippen molar-refractivity contribution in [2.75, 3.05) is 5.32 Å². The van der Waals surface area contributed by atoms with Crippen LogP contribution in [0.4, 0.5) is 18.9 Å². The van der Waals surface area contributed by atoms with E-state index in [0.29, 0.717) is 34.0 Å². The van der Waals surface area contributed by atoms with E-state index in [1.807, 2.05) is 18.2 Å². The Bertz CT molecular complexity index is 1690. The number of benzene rings is 2. The molecule has 0 aliphatic heterocycles. The van der Waals surface area contributed by atoms with E-state index in [1.54, 1.807) is 36.7 Å². The highest BCUT2D eigenvalue weighted by atomic mass is 35.5. The van der Waals surface area contributed by atoms with Crippen LogP contribution in [0.15, 0.2) is 79.3 Å². The number of aromatic nitrogens is 2. The number of carbonyl (C=O) groups excluding carboxylic acids is 1. The Hall–Kier alpha value is -4.26. The zero-order valence-corrected chi connectivity index (χ0v) is 20.2. The monoisotopic (exact) mass is 534 g/mol. The third kappa shape index (κ3) is 4.89. The molecule has 1 N–H and O–H groups in total. The van der Waals surface area contributed by atoms with E-state index >= 15 is 0 Å². The van der Waals surface area contributed by atoms with Gasteiger partial charge in [-0.15, -0.1) is 11.3 Å². The van der Waals surface area contributed by atoms with Crippen LogP contribution in [0.2, 0.25) is 5.02 Å². The third-order valence-electron chi connectivity index (χ3n) is 5.57. The lowest BCUT2D eigenvalue weighted by molar-refractivity contribution is -0.137. The third-order valence-corrected chi connectivity index (χ3v) is 7.09. The summed E-state index contributed by atoms with van der Waals surface area (Å²) in [7, 11) is 0. The van der Waals surface area contributed by atoms with Crippen LogP contribution in [0.5, 0.6) is 0 Å². The number of halogens is 4. The van der Waals surface area contributed by atoms with Crippen LogP contribution in [0.1, 0.15) is 21.5 Å². The van der Waals surface area contributed by atoms with Crippen LogP contribution >= 0.6 is 22.9 Å². The van der Waals surface area contributed by atoms with Crippen molar-refractivity contribution in [2.24, 2.45) is 0 Å². The molecule has 3 aromatic heterocycles. The summed E-state index contributed by atoms with van der Waals surface area (Å²) in [5, 5.41) is 11.9. The van der Waals surface area contributed by atoms with Gasteiger partial charge in [0.05, 0.1) is 26.4 Å². The summed E-state index contributed by atoms with van der Waals surface area (Å²) >= 11 is 7.14. The van der Waals surface area contributed by atoms with E-state index in [1.165, 1.54) is 23.6 Å². The van der Waals surface area contributed by atoms with Gasteiger partial charge in [0.25, 0.3) is 5.91 Å². The maximum absolute atomic E-state index is 13.2. The second kappa shape index (κ2) is 9.65. The van der Waals surface area contributed by atoms with Gasteiger partial charge < -0.3 is 5.32 Å². The molecule has 0 aliphatic carbocycles. The first-order chi connectivity index (χ1) is 17.7. The van der Waals surface area contributed by atoms with Gasteiger partial charge >= 0.3 is 6.18 Å². The van der Waals surface area contributed by atoms with Crippen LogP contribution in [-0.2, 0) is 6.18 Å². The van der Waals surface area contributed by atoms with E-state index in [-0.39, 0.29) is 5.56 Å². The van der Waals surface area contributed by atoms with E-state index in [0.717, 1.165) is 21.2 Å². The van der Waals surface area contributed by atoms with Crippen molar-refractivity contribution in [1.82, 2.24) is 9.97 Å². The number of hydrogen-bond acceptors (Lipinski definition) is 5. The SMILES string of the molecule is N#Cc1cnc2cc(-c3ccncc3)sc2c1-c1cccc(NC(=O)c2ccc(Cl)c(C(F)(F)F)c2)c1. The van der Waals surface area contributed by atoms with Crippen LogP contribution in [-0.4, -0.2) is 15.9 Å². The summed E-state index contributed by atoms with van der Waals surface area (Å²) < 4.78 is 40.5. The van der Waals surface area contributed by atoms with Crippen molar-refractivity contribution >= 4 is 44.7 Å². The number of thiophene rings is 1. The molecule has 2 aromatic carbocycles. The minimum absolute atomic E-state index is 0.189. The first-order valence-electron chi connectivity index (χ1n) is 10.8. The Morgan fingerprint density at radius 2 is 1.81 bits per heavy atom. The average Bonchev–Trinajstić information content (AvgIpc) is 3.32. The number of amides is 1. The molecule has 5 nitrogen and oxygen atoms in total. The number of nitrogens with zero attached hydrogens (tertiary/aromatic N) is 3. The van der Waals surface area contributed by atoms with Crippen LogP contribution < -0.4 is 5.32 Å². The molecule has 5 aromatic rings. The van der Waals surface area contributed by atoms with Gasteiger partial charge in [-0.1, -0.05) is 23.7 Å². The van der Waals surface area contributed by atoms with Gasteiger partial charge in [0.1, 0.15) is 6.07 Å². The topological polar surface area (TPSA) is 78.7 Å². The molecular weight excluding hydrogens is 521 g/mol. The van der Waals surface area contributed by atoms with Crippen molar-refractivity contribution < 1.29 is 18.0 Å². The lowest BCUT2D eigenvalue weighted by atomic mass is 10.0. The van der Waals surface area contributed by atoms with Gasteiger partial charge in [-0.2, -0.15) is 18.4 Å². The highest BCUT2D eigenvalue weighted by Gasteiger charge is 2.33. The molecule has 0 atom stereocenters. The van der Waals surface area contributed by atoms with Gasteiger partial charge in [0.15, 0.2) is 0 Å². The maximum Gasteiger partial charge on any atom is 0.417 e. The minimum atomic E-state index is -4.69. The second-order valence-corrected chi connectivity index (χ2v) is 9.41. The highest BCUT2D eigenvalue weighted by Crippen LogP contribution is 2.40. The number of nitriles is 1. The summed E-state index contributed by atoms with van der Waals surface area (Å²) in [6.07, 6.45) is 0.195. The highest BCUT2D eigenvalue weighted by molar-refractivity contribution is 7.22. The summed E-state index contributed by atoms with van der Waals surface area (Å²) in [5.41, 5.74) is 2.40. The number of pyridine rings is 2. The molecule has 0 saturated heterocycles. The van der Waals surface area contributed by atoms with E-state index in [2.05, 4.69) is 21.4 Å². The molecule has 0 unspecified atom stereocenters. The number of carbonyl (C=O) groups is 1. The van der Waals surface area contributed by atoms with E-state index < -0.39 is 22.7 Å². The number of anilines is 1. The molecule has 0 spiro atoms. The van der Waals surface area contributed by atoms with Crippen molar-refractivity contribution in [3.8, 4) is 27.6 Å². The Kier molecular flexibility index (Phi) is 6.38. The fraction of sp³-hybridized carbons (Fsp3) is 0.0370. The predicted octanol–water partition coefficient (Wildman–Crippen LogP) is 7.82. The molecule has 0 aliphatic rings. The van der Waals surface area contributed by atoms with Crippen molar-refractivity contribution in [1.29, 1.82) is 5.26 Å². The van der Waals surface area contributed by atoms with Crippen LogP contribution in [0.25, 0.3) is 31.8 Å². The summed E-state index contributed by atoms with van der Waals surface area (Å²) in [6, 6.07) is 17.6. The summed E-state index contributed by atoms with van der Waals surface area (Å²) in [4.78, 5) is 22.2. The zero-order valence-electron chi connectivity index (χ0n) is 18.7. The van der Waals surface area contributed by atoms with Gasteiger partial charge in [-0.25, -0.2) is 0 Å². The lowest BCUT2D eigenvalue weighted by Crippen LogP contribution is -2.14. The Morgan fingerprint density at radius 3 is 2.54 bits per heavy atom. The molecule has 0 saturated carbocycles. The summed E-state index contributed by atoms with van der Waals surface area (Å²) in [6.45, 7) is 0. The average molecular weight is 535 g/mol. The molecule has 0 bridgehead atoms.